The van der Waals surface area contributed by atoms with Crippen molar-refractivity contribution in [1.82, 2.24) is 14.5 Å². The Morgan fingerprint density at radius 3 is 2.26 bits per heavy atom. The Morgan fingerprint density at radius 1 is 1.04 bits per heavy atom. The van der Waals surface area contributed by atoms with Gasteiger partial charge in [-0.15, -0.1) is 0 Å². The number of hydrogen-bond donors (Lipinski definition) is 1. The van der Waals surface area contributed by atoms with Gasteiger partial charge >= 0.3 is 0 Å². The smallest absolute Gasteiger partial charge is 0.243 e. The van der Waals surface area contributed by atoms with Crippen molar-refractivity contribution in [3.8, 4) is 0 Å². The van der Waals surface area contributed by atoms with Crippen LogP contribution in [0.5, 0.6) is 0 Å². The molecule has 2 aliphatic heterocycles. The first kappa shape index (κ1) is 20.3. The molecule has 0 aromatic heterocycles. The lowest BCUT2D eigenvalue weighted by atomic mass is 9.96. The number of sulfonamides is 1. The Morgan fingerprint density at radius 2 is 1.67 bits per heavy atom. The van der Waals surface area contributed by atoms with Crippen LogP contribution in [0, 0.1) is 5.92 Å². The second kappa shape index (κ2) is 9.17. The van der Waals surface area contributed by atoms with E-state index in [-0.39, 0.29) is 17.9 Å². The zero-order valence-electron chi connectivity index (χ0n) is 16.1. The van der Waals surface area contributed by atoms with E-state index in [1.807, 2.05) is 6.07 Å². The molecule has 0 saturated carbocycles. The number of hydrogen-bond acceptors (Lipinski definition) is 4. The van der Waals surface area contributed by atoms with E-state index < -0.39 is 10.0 Å². The highest BCUT2D eigenvalue weighted by molar-refractivity contribution is 7.89. The molecule has 1 aromatic carbocycles. The van der Waals surface area contributed by atoms with Crippen molar-refractivity contribution in [2.75, 3.05) is 32.7 Å². The summed E-state index contributed by atoms with van der Waals surface area (Å²) in [5.41, 5.74) is 0. The average molecular weight is 394 g/mol. The highest BCUT2D eigenvalue weighted by atomic mass is 32.2. The lowest BCUT2D eigenvalue weighted by Crippen LogP contribution is -2.48. The van der Waals surface area contributed by atoms with Crippen LogP contribution in [0.2, 0.25) is 0 Å². The van der Waals surface area contributed by atoms with Crippen LogP contribution in [-0.2, 0) is 14.8 Å². The molecule has 0 atom stereocenters. The van der Waals surface area contributed by atoms with E-state index in [0.717, 1.165) is 32.5 Å². The molecule has 2 saturated heterocycles. The maximum absolute atomic E-state index is 12.7. The fraction of sp³-hybridized carbons (Fsp3) is 0.650. The summed E-state index contributed by atoms with van der Waals surface area (Å²) >= 11 is 0. The molecule has 150 valence electrons. The summed E-state index contributed by atoms with van der Waals surface area (Å²) in [7, 11) is -3.45. The summed E-state index contributed by atoms with van der Waals surface area (Å²) in [5.74, 6) is 0.0154. The van der Waals surface area contributed by atoms with Gasteiger partial charge in [0.05, 0.1) is 4.90 Å². The van der Waals surface area contributed by atoms with Crippen molar-refractivity contribution in [2.24, 2.45) is 5.92 Å². The molecule has 27 heavy (non-hydrogen) atoms. The van der Waals surface area contributed by atoms with Gasteiger partial charge in [-0.1, -0.05) is 25.1 Å². The third-order valence-corrected chi connectivity index (χ3v) is 7.59. The normalized spacial score (nSPS) is 21.2. The monoisotopic (exact) mass is 393 g/mol. The maximum atomic E-state index is 12.7. The van der Waals surface area contributed by atoms with Crippen LogP contribution in [0.3, 0.4) is 0 Å². The lowest BCUT2D eigenvalue weighted by molar-refractivity contribution is -0.127. The van der Waals surface area contributed by atoms with Crippen LogP contribution >= 0.6 is 0 Å². The van der Waals surface area contributed by atoms with Gasteiger partial charge in [0.15, 0.2) is 0 Å². The van der Waals surface area contributed by atoms with Crippen LogP contribution in [0.25, 0.3) is 0 Å². The van der Waals surface area contributed by atoms with Gasteiger partial charge in [0.1, 0.15) is 0 Å². The number of rotatable bonds is 6. The maximum Gasteiger partial charge on any atom is 0.243 e. The van der Waals surface area contributed by atoms with Gasteiger partial charge in [-0.25, -0.2) is 8.42 Å². The molecular weight excluding hydrogens is 362 g/mol. The molecule has 1 amide bonds. The minimum atomic E-state index is -3.45. The third-order valence-electron chi connectivity index (χ3n) is 5.68. The van der Waals surface area contributed by atoms with Gasteiger partial charge in [0, 0.05) is 38.1 Å². The Labute approximate surface area is 163 Å². The van der Waals surface area contributed by atoms with Crippen molar-refractivity contribution in [1.29, 1.82) is 0 Å². The molecule has 2 aliphatic rings. The molecule has 0 bridgehead atoms. The van der Waals surface area contributed by atoms with Crippen molar-refractivity contribution < 1.29 is 13.2 Å². The van der Waals surface area contributed by atoms with Crippen LogP contribution in [-0.4, -0.2) is 62.3 Å². The van der Waals surface area contributed by atoms with Crippen LogP contribution in [0.4, 0.5) is 0 Å². The molecule has 6 nitrogen and oxygen atoms in total. The number of carbonyl (C=O) groups is 1. The van der Waals surface area contributed by atoms with Gasteiger partial charge in [-0.3, -0.25) is 4.79 Å². The van der Waals surface area contributed by atoms with E-state index in [1.54, 1.807) is 24.3 Å². The minimum Gasteiger partial charge on any atom is -0.353 e. The van der Waals surface area contributed by atoms with Crippen molar-refractivity contribution in [3.63, 3.8) is 0 Å². The zero-order chi connectivity index (χ0) is 19.3. The number of nitrogens with one attached hydrogen (secondary N) is 1. The first-order chi connectivity index (χ1) is 13.0. The number of carbonyl (C=O) groups excluding carboxylic acids is 1. The molecular formula is C20H31N3O3S. The summed E-state index contributed by atoms with van der Waals surface area (Å²) in [5, 5.41) is 3.20. The van der Waals surface area contributed by atoms with Gasteiger partial charge in [0.25, 0.3) is 0 Å². The summed E-state index contributed by atoms with van der Waals surface area (Å²) in [6.45, 7) is 6.24. The van der Waals surface area contributed by atoms with E-state index >= 15 is 0 Å². The largest absolute Gasteiger partial charge is 0.353 e. The van der Waals surface area contributed by atoms with Gasteiger partial charge < -0.3 is 10.2 Å². The molecule has 0 radical (unpaired) electrons. The minimum absolute atomic E-state index is 0.0825. The Bertz CT molecular complexity index is 707. The molecule has 1 aromatic rings. The molecule has 3 rings (SSSR count). The van der Waals surface area contributed by atoms with E-state index in [2.05, 4.69) is 17.1 Å². The first-order valence-corrected chi connectivity index (χ1v) is 11.5. The van der Waals surface area contributed by atoms with E-state index in [0.29, 0.717) is 30.8 Å². The van der Waals surface area contributed by atoms with E-state index in [9.17, 15) is 13.2 Å². The first-order valence-electron chi connectivity index (χ1n) is 10.1. The molecule has 0 unspecified atom stereocenters. The Hall–Kier alpha value is -1.44. The van der Waals surface area contributed by atoms with Crippen molar-refractivity contribution in [2.45, 2.75) is 50.0 Å². The third kappa shape index (κ3) is 5.09. The standard InChI is InChI=1S/C20H31N3O3S/c1-2-12-22-13-10-18(11-14-22)21-20(24)17-8-15-23(16-9-17)27(25,26)19-6-4-3-5-7-19/h3-7,17-18H,2,8-16H2,1H3,(H,21,24). The van der Waals surface area contributed by atoms with Crippen LogP contribution in [0.1, 0.15) is 39.0 Å². The van der Waals surface area contributed by atoms with Gasteiger partial charge in [0.2, 0.25) is 15.9 Å². The number of amides is 1. The molecule has 0 spiro atoms. The van der Waals surface area contributed by atoms with Gasteiger partial charge in [-0.05, 0) is 50.8 Å². The fourth-order valence-electron chi connectivity index (χ4n) is 4.04. The summed E-state index contributed by atoms with van der Waals surface area (Å²) in [6.07, 6.45) is 4.36. The Balaban J connectivity index is 1.47. The molecule has 7 heteroatoms. The number of piperidine rings is 2. The van der Waals surface area contributed by atoms with E-state index in [4.69, 9.17) is 0 Å². The topological polar surface area (TPSA) is 69.7 Å². The predicted molar refractivity (Wildman–Crippen MR) is 106 cm³/mol. The average Bonchev–Trinajstić information content (AvgIpc) is 2.70. The van der Waals surface area contributed by atoms with Crippen LogP contribution in [0.15, 0.2) is 35.2 Å². The van der Waals surface area contributed by atoms with Crippen LogP contribution < -0.4 is 5.32 Å². The summed E-state index contributed by atoms with van der Waals surface area (Å²) in [6, 6.07) is 8.79. The highest BCUT2D eigenvalue weighted by Gasteiger charge is 2.33. The number of nitrogens with zero attached hydrogens (tertiary/aromatic N) is 2. The van der Waals surface area contributed by atoms with Gasteiger partial charge in [-0.2, -0.15) is 4.31 Å². The molecule has 1 N–H and O–H groups in total. The predicted octanol–water partition coefficient (Wildman–Crippen LogP) is 2.08. The lowest BCUT2D eigenvalue weighted by Gasteiger charge is -2.34. The molecule has 0 aliphatic carbocycles. The SMILES string of the molecule is CCCN1CCC(NC(=O)C2CCN(S(=O)(=O)c3ccccc3)CC2)CC1. The molecule has 2 fully saturated rings. The van der Waals surface area contributed by atoms with Crippen molar-refractivity contribution in [3.05, 3.63) is 30.3 Å². The molecule has 2 heterocycles. The van der Waals surface area contributed by atoms with Crippen molar-refractivity contribution >= 4 is 15.9 Å². The summed E-state index contributed by atoms with van der Waals surface area (Å²) in [4.78, 5) is 15.4. The highest BCUT2D eigenvalue weighted by Crippen LogP contribution is 2.24. The zero-order valence-corrected chi connectivity index (χ0v) is 17.0. The summed E-state index contributed by atoms with van der Waals surface area (Å²) < 4.78 is 26.9. The number of likely N-dealkylation sites (tertiary alicyclic amines) is 1. The number of benzene rings is 1. The quantitative estimate of drug-likeness (QED) is 0.803. The second-order valence-electron chi connectivity index (χ2n) is 7.62. The Kier molecular flexibility index (Phi) is 6.89. The van der Waals surface area contributed by atoms with E-state index in [1.165, 1.54) is 10.7 Å². The fourth-order valence-corrected chi connectivity index (χ4v) is 5.53. The second-order valence-corrected chi connectivity index (χ2v) is 9.55.